The zero-order valence-corrected chi connectivity index (χ0v) is 16.4. The maximum absolute atomic E-state index is 12.0. The number of para-hydroxylation sites is 1. The van der Waals surface area contributed by atoms with Crippen molar-refractivity contribution in [1.82, 2.24) is 16.2 Å². The molecule has 6 nitrogen and oxygen atoms in total. The molecule has 0 saturated heterocycles. The van der Waals surface area contributed by atoms with Crippen LogP contribution in [-0.4, -0.2) is 23.5 Å². The van der Waals surface area contributed by atoms with Gasteiger partial charge in [0.1, 0.15) is 5.75 Å². The molecule has 0 spiro atoms. The average Bonchev–Trinajstić information content (AvgIpc) is 2.59. The summed E-state index contributed by atoms with van der Waals surface area (Å²) in [5, 5.41) is 2.74. The lowest BCUT2D eigenvalue weighted by atomic mass is 10.2. The van der Waals surface area contributed by atoms with Crippen molar-refractivity contribution < 1.29 is 14.3 Å². The molecule has 0 unspecified atom stereocenters. The maximum atomic E-state index is 12.0. The molecule has 0 heterocycles. The van der Waals surface area contributed by atoms with Crippen molar-refractivity contribution in [3.8, 4) is 5.75 Å². The van der Waals surface area contributed by atoms with Gasteiger partial charge in [-0.3, -0.25) is 25.8 Å². The highest BCUT2D eigenvalue weighted by Crippen LogP contribution is 2.22. The lowest BCUT2D eigenvalue weighted by Gasteiger charge is -2.12. The number of ether oxygens (including phenoxy) is 1. The fourth-order valence-corrected chi connectivity index (χ4v) is 2.71. The first kappa shape index (κ1) is 19.4. The Morgan fingerprint density at radius 1 is 1.08 bits per heavy atom. The van der Waals surface area contributed by atoms with Crippen LogP contribution in [0.4, 0.5) is 0 Å². The summed E-state index contributed by atoms with van der Waals surface area (Å²) < 4.78 is 6.08. The highest BCUT2D eigenvalue weighted by molar-refractivity contribution is 14.1. The second-order valence-corrected chi connectivity index (χ2v) is 6.63. The highest BCUT2D eigenvalue weighted by Gasteiger charge is 2.11. The molecule has 0 fully saturated rings. The van der Waals surface area contributed by atoms with E-state index < -0.39 is 5.91 Å². The second kappa shape index (κ2) is 9.54. The van der Waals surface area contributed by atoms with Gasteiger partial charge in [0.05, 0.1) is 10.6 Å². The monoisotopic (exact) mass is 489 g/mol. The van der Waals surface area contributed by atoms with Crippen LogP contribution in [0.3, 0.4) is 0 Å². The minimum absolute atomic E-state index is 0.0490. The van der Waals surface area contributed by atoms with E-state index in [-0.39, 0.29) is 17.6 Å². The number of carbonyl (C=O) groups is 2. The van der Waals surface area contributed by atoms with E-state index in [9.17, 15) is 9.59 Å². The summed E-state index contributed by atoms with van der Waals surface area (Å²) in [6, 6.07) is 13.9. The fourth-order valence-electron chi connectivity index (χ4n) is 1.73. The van der Waals surface area contributed by atoms with Crippen LogP contribution >= 0.6 is 46.4 Å². The molecule has 3 N–H and O–H groups in total. The fraction of sp³-hybridized carbons (Fsp3) is 0.0625. The predicted octanol–water partition coefficient (Wildman–Crippen LogP) is 2.66. The zero-order valence-electron chi connectivity index (χ0n) is 12.7. The molecule has 0 aromatic heterocycles. The number of nitrogens with one attached hydrogen (secondary N) is 3. The Labute approximate surface area is 168 Å². The van der Waals surface area contributed by atoms with E-state index in [4.69, 9.17) is 28.6 Å². The average molecular weight is 490 g/mol. The summed E-state index contributed by atoms with van der Waals surface area (Å²) in [6.45, 7) is -0.268. The molecule has 0 saturated carbocycles. The number of hydrogen-bond donors (Lipinski definition) is 3. The Morgan fingerprint density at radius 3 is 2.48 bits per heavy atom. The van der Waals surface area contributed by atoms with Crippen molar-refractivity contribution >= 4 is 63.3 Å². The van der Waals surface area contributed by atoms with Crippen molar-refractivity contribution in [1.29, 1.82) is 0 Å². The summed E-state index contributed by atoms with van der Waals surface area (Å²) >= 11 is 12.9. The lowest BCUT2D eigenvalue weighted by Crippen LogP contribution is -2.49. The molecule has 9 heteroatoms. The standard InChI is InChI=1S/C16H13ClIN3O3S/c17-11-6-2-4-8-13(11)24-9-14(22)19-16(25)21-20-15(23)10-5-1-3-7-12(10)18/h1-8H,9H2,(H,20,23)(H2,19,21,22,25). The van der Waals surface area contributed by atoms with Crippen LogP contribution in [0.2, 0.25) is 5.02 Å². The number of amides is 2. The molecule has 0 radical (unpaired) electrons. The van der Waals surface area contributed by atoms with Gasteiger partial charge in [0, 0.05) is 3.57 Å². The molecule has 0 aliphatic carbocycles. The van der Waals surface area contributed by atoms with E-state index in [2.05, 4.69) is 38.8 Å². The number of halogens is 2. The first-order valence-corrected chi connectivity index (χ1v) is 8.86. The summed E-state index contributed by atoms with van der Waals surface area (Å²) in [7, 11) is 0. The van der Waals surface area contributed by atoms with Gasteiger partial charge in [-0.25, -0.2) is 0 Å². The van der Waals surface area contributed by atoms with E-state index in [1.807, 2.05) is 12.1 Å². The Morgan fingerprint density at radius 2 is 1.76 bits per heavy atom. The molecule has 2 amide bonds. The number of carbonyl (C=O) groups excluding carboxylic acids is 2. The first-order chi connectivity index (χ1) is 12.0. The number of thiocarbonyl (C=S) groups is 1. The molecule has 25 heavy (non-hydrogen) atoms. The van der Waals surface area contributed by atoms with E-state index >= 15 is 0 Å². The normalized spacial score (nSPS) is 9.84. The van der Waals surface area contributed by atoms with Crippen LogP contribution in [0, 0.1) is 3.57 Å². The largest absolute Gasteiger partial charge is 0.482 e. The summed E-state index contributed by atoms with van der Waals surface area (Å²) in [5.41, 5.74) is 5.37. The van der Waals surface area contributed by atoms with E-state index in [0.717, 1.165) is 3.57 Å². The summed E-state index contributed by atoms with van der Waals surface area (Å²) in [4.78, 5) is 23.8. The molecular weight excluding hydrogens is 477 g/mol. The third kappa shape index (κ3) is 6.15. The van der Waals surface area contributed by atoms with Crippen molar-refractivity contribution in [3.63, 3.8) is 0 Å². The molecule has 130 valence electrons. The molecule has 2 aromatic carbocycles. The van der Waals surface area contributed by atoms with Crippen LogP contribution in [-0.2, 0) is 4.79 Å². The van der Waals surface area contributed by atoms with Gasteiger partial charge in [-0.1, -0.05) is 35.9 Å². The van der Waals surface area contributed by atoms with Crippen LogP contribution in [0.15, 0.2) is 48.5 Å². The molecule has 0 bridgehead atoms. The van der Waals surface area contributed by atoms with Gasteiger partial charge in [-0.2, -0.15) is 0 Å². The van der Waals surface area contributed by atoms with Gasteiger partial charge < -0.3 is 4.74 Å². The maximum Gasteiger partial charge on any atom is 0.270 e. The van der Waals surface area contributed by atoms with Gasteiger partial charge >= 0.3 is 0 Å². The predicted molar refractivity (Wildman–Crippen MR) is 107 cm³/mol. The first-order valence-electron chi connectivity index (χ1n) is 6.99. The molecule has 2 rings (SSSR count). The minimum Gasteiger partial charge on any atom is -0.482 e. The van der Waals surface area contributed by atoms with Crippen LogP contribution < -0.4 is 20.9 Å². The van der Waals surface area contributed by atoms with Gasteiger partial charge in [0.15, 0.2) is 11.7 Å². The van der Waals surface area contributed by atoms with E-state index in [0.29, 0.717) is 16.3 Å². The van der Waals surface area contributed by atoms with Gasteiger partial charge in [0.25, 0.3) is 11.8 Å². The second-order valence-electron chi connectivity index (χ2n) is 4.66. The van der Waals surface area contributed by atoms with Crippen LogP contribution in [0.5, 0.6) is 5.75 Å². The minimum atomic E-state index is -0.485. The van der Waals surface area contributed by atoms with Gasteiger partial charge in [-0.15, -0.1) is 0 Å². The molecular formula is C16H13ClIN3O3S. The van der Waals surface area contributed by atoms with E-state index in [1.165, 1.54) is 0 Å². The SMILES string of the molecule is O=C(COc1ccccc1Cl)NC(=S)NNC(=O)c1ccccc1I. The Kier molecular flexibility index (Phi) is 7.41. The Balaban J connectivity index is 1.76. The van der Waals surface area contributed by atoms with Crippen molar-refractivity contribution in [2.24, 2.45) is 0 Å². The number of hydrogen-bond acceptors (Lipinski definition) is 4. The Bertz CT molecular complexity index is 804. The number of rotatable bonds is 4. The van der Waals surface area contributed by atoms with E-state index in [1.54, 1.807) is 36.4 Å². The number of benzene rings is 2. The van der Waals surface area contributed by atoms with Crippen molar-refractivity contribution in [2.45, 2.75) is 0 Å². The van der Waals surface area contributed by atoms with Crippen molar-refractivity contribution in [3.05, 3.63) is 62.7 Å². The molecule has 0 aliphatic rings. The topological polar surface area (TPSA) is 79.5 Å². The third-order valence-electron chi connectivity index (χ3n) is 2.86. The van der Waals surface area contributed by atoms with Gasteiger partial charge in [-0.05, 0) is 59.1 Å². The quantitative estimate of drug-likeness (QED) is 0.350. The third-order valence-corrected chi connectivity index (χ3v) is 4.31. The molecule has 2 aromatic rings. The Hall–Kier alpha value is -1.91. The smallest absolute Gasteiger partial charge is 0.270 e. The number of hydrazine groups is 1. The molecule has 0 atom stereocenters. The lowest BCUT2D eigenvalue weighted by molar-refractivity contribution is -0.121. The van der Waals surface area contributed by atoms with Crippen LogP contribution in [0.1, 0.15) is 10.4 Å². The summed E-state index contributed by atoms with van der Waals surface area (Å²) in [5.74, 6) is -0.458. The highest BCUT2D eigenvalue weighted by atomic mass is 127. The molecule has 0 aliphatic heterocycles. The summed E-state index contributed by atoms with van der Waals surface area (Å²) in [6.07, 6.45) is 0. The van der Waals surface area contributed by atoms with Crippen molar-refractivity contribution in [2.75, 3.05) is 6.61 Å². The zero-order chi connectivity index (χ0) is 18.2. The van der Waals surface area contributed by atoms with Crippen LogP contribution in [0.25, 0.3) is 0 Å². The van der Waals surface area contributed by atoms with Gasteiger partial charge in [0.2, 0.25) is 0 Å².